The molecule has 5 nitrogen and oxygen atoms in total. The molecule has 4 bridgehead atoms. The Bertz CT molecular complexity index is 1080. The van der Waals surface area contributed by atoms with Crippen LogP contribution in [0.2, 0.25) is 0 Å². The Morgan fingerprint density at radius 2 is 1.58 bits per heavy atom. The molecule has 1 heterocycles. The Labute approximate surface area is 182 Å². The fourth-order valence-corrected chi connectivity index (χ4v) is 7.45. The highest BCUT2D eigenvalue weighted by Crippen LogP contribution is 2.60. The zero-order valence-corrected chi connectivity index (χ0v) is 17.9. The highest BCUT2D eigenvalue weighted by molar-refractivity contribution is 6.11. The molecule has 4 aliphatic carbocycles. The van der Waals surface area contributed by atoms with E-state index in [2.05, 4.69) is 5.32 Å². The molecule has 5 heteroatoms. The van der Waals surface area contributed by atoms with Crippen molar-refractivity contribution in [1.29, 1.82) is 0 Å². The van der Waals surface area contributed by atoms with Crippen LogP contribution < -0.4 is 5.32 Å². The van der Waals surface area contributed by atoms with Gasteiger partial charge in [-0.2, -0.15) is 0 Å². The first-order chi connectivity index (χ1) is 14.9. The highest BCUT2D eigenvalue weighted by Gasteiger charge is 2.56. The van der Waals surface area contributed by atoms with Gasteiger partial charge in [-0.3, -0.25) is 14.5 Å². The standard InChI is InChI=1S/C26H28N2O3/c1-25(21-8-4-6-19-5-2-3-7-20(19)21)23(30)28(24(31)27-25)15-22(29)26-12-16-9-17(13-26)11-18(10-16)14-26/h2-8,16-18H,9-15H2,1H3,(H,27,31)/t16?,17?,18?,25-,26?/m1/s1. The average Bonchev–Trinajstić information content (AvgIpc) is 2.96. The molecule has 1 N–H and O–H groups in total. The Hall–Kier alpha value is -2.69. The van der Waals surface area contributed by atoms with Crippen LogP contribution in [0.4, 0.5) is 4.79 Å². The molecule has 3 amide bonds. The lowest BCUT2D eigenvalue weighted by Crippen LogP contribution is -2.53. The molecule has 4 saturated carbocycles. The van der Waals surface area contributed by atoms with E-state index < -0.39 is 11.6 Å². The summed E-state index contributed by atoms with van der Waals surface area (Å²) in [6, 6.07) is 13.2. The predicted molar refractivity (Wildman–Crippen MR) is 117 cm³/mol. The van der Waals surface area contributed by atoms with E-state index in [1.165, 1.54) is 24.2 Å². The molecule has 1 saturated heterocycles. The lowest BCUT2D eigenvalue weighted by atomic mass is 9.48. The lowest BCUT2D eigenvalue weighted by Gasteiger charge is -2.56. The quantitative estimate of drug-likeness (QED) is 0.752. The highest BCUT2D eigenvalue weighted by atomic mass is 16.2. The molecule has 0 unspecified atom stereocenters. The van der Waals surface area contributed by atoms with E-state index in [0.29, 0.717) is 17.8 Å². The maximum Gasteiger partial charge on any atom is 0.325 e. The minimum absolute atomic E-state index is 0.0947. The van der Waals surface area contributed by atoms with Gasteiger partial charge in [-0.05, 0) is 79.5 Å². The number of ketones is 1. The average molecular weight is 417 g/mol. The largest absolute Gasteiger partial charge is 0.325 e. The van der Waals surface area contributed by atoms with Crippen molar-refractivity contribution in [3.05, 3.63) is 48.0 Å². The molecule has 1 atom stereocenters. The summed E-state index contributed by atoms with van der Waals surface area (Å²) in [5.41, 5.74) is -0.707. The van der Waals surface area contributed by atoms with E-state index in [4.69, 9.17) is 0 Å². The summed E-state index contributed by atoms with van der Waals surface area (Å²) in [7, 11) is 0. The normalized spacial score (nSPS) is 36.3. The van der Waals surface area contributed by atoms with Gasteiger partial charge in [0.15, 0.2) is 5.78 Å². The number of rotatable bonds is 4. The lowest BCUT2D eigenvalue weighted by molar-refractivity contribution is -0.147. The Morgan fingerprint density at radius 1 is 0.968 bits per heavy atom. The number of carbonyl (C=O) groups excluding carboxylic acids is 3. The van der Waals surface area contributed by atoms with Gasteiger partial charge in [0, 0.05) is 5.41 Å². The van der Waals surface area contributed by atoms with E-state index in [-0.39, 0.29) is 23.7 Å². The third-order valence-electron chi connectivity index (χ3n) is 8.53. The van der Waals surface area contributed by atoms with Crippen molar-refractivity contribution in [3.8, 4) is 0 Å². The van der Waals surface area contributed by atoms with Gasteiger partial charge < -0.3 is 5.32 Å². The van der Waals surface area contributed by atoms with Gasteiger partial charge in [0.25, 0.3) is 5.91 Å². The van der Waals surface area contributed by atoms with Crippen molar-refractivity contribution in [3.63, 3.8) is 0 Å². The summed E-state index contributed by atoms with van der Waals surface area (Å²) in [4.78, 5) is 41.1. The SMILES string of the molecule is C[C@]1(c2cccc3ccccc23)NC(=O)N(CC(=O)C23CC4CC(CC(C4)C2)C3)C1=O. The van der Waals surface area contributed by atoms with E-state index in [1.54, 1.807) is 6.92 Å². The minimum Gasteiger partial charge on any atom is -0.319 e. The van der Waals surface area contributed by atoms with Crippen LogP contribution in [0, 0.1) is 23.2 Å². The molecule has 5 aliphatic rings. The van der Waals surface area contributed by atoms with Crippen LogP contribution in [0.25, 0.3) is 10.8 Å². The molecule has 31 heavy (non-hydrogen) atoms. The van der Waals surface area contributed by atoms with Crippen LogP contribution in [0.15, 0.2) is 42.5 Å². The molecule has 1 aliphatic heterocycles. The second kappa shape index (κ2) is 6.41. The number of Topliss-reactive ketones (excluding diaryl/α,β-unsaturated/α-hetero) is 1. The monoisotopic (exact) mass is 416 g/mol. The summed E-state index contributed by atoms with van der Waals surface area (Å²) in [5, 5.41) is 4.86. The van der Waals surface area contributed by atoms with Crippen LogP contribution in [0.1, 0.15) is 51.0 Å². The van der Waals surface area contributed by atoms with Crippen LogP contribution >= 0.6 is 0 Å². The number of urea groups is 1. The van der Waals surface area contributed by atoms with Gasteiger partial charge >= 0.3 is 6.03 Å². The molecule has 5 fully saturated rings. The third-order valence-corrected chi connectivity index (χ3v) is 8.53. The van der Waals surface area contributed by atoms with Crippen molar-refractivity contribution in [1.82, 2.24) is 10.2 Å². The van der Waals surface area contributed by atoms with Crippen LogP contribution in [-0.4, -0.2) is 29.2 Å². The van der Waals surface area contributed by atoms with Crippen LogP contribution in [0.3, 0.4) is 0 Å². The van der Waals surface area contributed by atoms with Gasteiger partial charge in [0.1, 0.15) is 5.54 Å². The van der Waals surface area contributed by atoms with E-state index in [0.717, 1.165) is 35.6 Å². The molecule has 2 aromatic carbocycles. The maximum absolute atomic E-state index is 13.5. The summed E-state index contributed by atoms with van der Waals surface area (Å²) in [5.74, 6) is 1.72. The van der Waals surface area contributed by atoms with Gasteiger partial charge in [-0.1, -0.05) is 42.5 Å². The predicted octanol–water partition coefficient (Wildman–Crippen LogP) is 4.39. The van der Waals surface area contributed by atoms with Crippen molar-refractivity contribution in [2.45, 2.75) is 51.0 Å². The second-order valence-corrected chi connectivity index (χ2v) is 10.6. The third kappa shape index (κ3) is 2.71. The molecule has 160 valence electrons. The fraction of sp³-hybridized carbons (Fsp3) is 0.500. The first-order valence-electron chi connectivity index (χ1n) is 11.5. The van der Waals surface area contributed by atoms with Gasteiger partial charge in [-0.25, -0.2) is 4.79 Å². The summed E-state index contributed by atoms with van der Waals surface area (Å²) in [6.07, 6.45) is 6.62. The number of nitrogens with zero attached hydrogens (tertiary/aromatic N) is 1. The van der Waals surface area contributed by atoms with Crippen LogP contribution in [0.5, 0.6) is 0 Å². The molecular weight excluding hydrogens is 388 g/mol. The second-order valence-electron chi connectivity index (χ2n) is 10.6. The van der Waals surface area contributed by atoms with Crippen molar-refractivity contribution in [2.75, 3.05) is 6.54 Å². The number of imide groups is 1. The molecule has 7 rings (SSSR count). The van der Waals surface area contributed by atoms with E-state index in [9.17, 15) is 14.4 Å². The molecule has 0 spiro atoms. The molecule has 0 aromatic heterocycles. The first-order valence-corrected chi connectivity index (χ1v) is 11.5. The smallest absolute Gasteiger partial charge is 0.319 e. The molecule has 2 aromatic rings. The summed E-state index contributed by atoms with van der Waals surface area (Å²) < 4.78 is 0. The Balaban J connectivity index is 1.29. The number of hydrogen-bond donors (Lipinski definition) is 1. The topological polar surface area (TPSA) is 66.5 Å². The zero-order chi connectivity index (χ0) is 21.4. The van der Waals surface area contributed by atoms with Crippen molar-refractivity contribution < 1.29 is 14.4 Å². The van der Waals surface area contributed by atoms with E-state index in [1.807, 2.05) is 42.5 Å². The number of amides is 3. The number of carbonyl (C=O) groups is 3. The van der Waals surface area contributed by atoms with Gasteiger partial charge in [-0.15, -0.1) is 0 Å². The summed E-state index contributed by atoms with van der Waals surface area (Å²) >= 11 is 0. The van der Waals surface area contributed by atoms with Crippen molar-refractivity contribution in [2.24, 2.45) is 23.2 Å². The van der Waals surface area contributed by atoms with Gasteiger partial charge in [0.05, 0.1) is 6.54 Å². The molecule has 0 radical (unpaired) electrons. The van der Waals surface area contributed by atoms with Crippen LogP contribution in [-0.2, 0) is 15.1 Å². The number of benzene rings is 2. The van der Waals surface area contributed by atoms with Crippen molar-refractivity contribution >= 4 is 28.5 Å². The summed E-state index contributed by atoms with van der Waals surface area (Å²) in [6.45, 7) is 1.65. The Morgan fingerprint density at radius 3 is 2.26 bits per heavy atom. The minimum atomic E-state index is -1.17. The number of hydrogen-bond acceptors (Lipinski definition) is 3. The number of nitrogens with one attached hydrogen (secondary N) is 1. The van der Waals surface area contributed by atoms with E-state index >= 15 is 0 Å². The first kappa shape index (κ1) is 19.0. The molecular formula is C26H28N2O3. The zero-order valence-electron chi connectivity index (χ0n) is 17.9. The maximum atomic E-state index is 13.5. The Kier molecular flexibility index (Phi) is 3.93. The fourth-order valence-electron chi connectivity index (χ4n) is 7.45. The number of fused-ring (bicyclic) bond motifs is 1. The van der Waals surface area contributed by atoms with Gasteiger partial charge in [0.2, 0.25) is 0 Å².